The van der Waals surface area contributed by atoms with E-state index in [9.17, 15) is 14.9 Å². The Morgan fingerprint density at radius 2 is 2.17 bits per heavy atom. The van der Waals surface area contributed by atoms with Crippen LogP contribution in [0, 0.1) is 10.1 Å². The number of thiazole rings is 1. The van der Waals surface area contributed by atoms with Crippen molar-refractivity contribution < 1.29 is 14.5 Å². The fourth-order valence-electron chi connectivity index (χ4n) is 1.89. The van der Waals surface area contributed by atoms with Gasteiger partial charge in [0.25, 0.3) is 11.6 Å². The number of fused-ring (bicyclic) bond motifs is 1. The Morgan fingerprint density at radius 3 is 2.78 bits per heavy atom. The van der Waals surface area contributed by atoms with E-state index in [-0.39, 0.29) is 11.6 Å². The van der Waals surface area contributed by atoms with E-state index in [4.69, 9.17) is 4.74 Å². The van der Waals surface area contributed by atoms with Crippen LogP contribution in [0.25, 0.3) is 10.2 Å². The number of non-ortho nitro benzene ring substituents is 1. The first-order valence-corrected chi connectivity index (χ1v) is 8.60. The summed E-state index contributed by atoms with van der Waals surface area (Å²) in [6, 6.07) is 6.20. The SMILES string of the molecule is COc1cc([N+](=O)[O-])cc2sc(NC(=O)c3ccc(Br)s3)nc12. The molecule has 3 rings (SSSR count). The van der Waals surface area contributed by atoms with E-state index >= 15 is 0 Å². The van der Waals surface area contributed by atoms with Gasteiger partial charge in [-0.05, 0) is 28.1 Å². The number of aromatic nitrogens is 1. The number of ether oxygens (including phenoxy) is 1. The second-order valence-corrected chi connectivity index (χ2v) is 7.82. The van der Waals surface area contributed by atoms with E-state index < -0.39 is 4.92 Å². The van der Waals surface area contributed by atoms with Crippen LogP contribution in [0.1, 0.15) is 9.67 Å². The van der Waals surface area contributed by atoms with Crippen LogP contribution in [0.5, 0.6) is 5.75 Å². The van der Waals surface area contributed by atoms with Crippen molar-refractivity contribution >= 4 is 65.5 Å². The van der Waals surface area contributed by atoms with Gasteiger partial charge in [-0.15, -0.1) is 11.3 Å². The number of amides is 1. The van der Waals surface area contributed by atoms with Crippen LogP contribution in [0.3, 0.4) is 0 Å². The number of hydrogen-bond donors (Lipinski definition) is 1. The summed E-state index contributed by atoms with van der Waals surface area (Å²) >= 11 is 5.76. The van der Waals surface area contributed by atoms with Crippen LogP contribution < -0.4 is 10.1 Å². The number of rotatable bonds is 4. The minimum absolute atomic E-state index is 0.0851. The number of halogens is 1. The molecule has 0 spiro atoms. The van der Waals surface area contributed by atoms with Crippen LogP contribution in [0.2, 0.25) is 0 Å². The van der Waals surface area contributed by atoms with E-state index in [1.54, 1.807) is 12.1 Å². The molecule has 1 aromatic carbocycles. The van der Waals surface area contributed by atoms with Crippen molar-refractivity contribution in [1.82, 2.24) is 4.98 Å². The third-order valence-corrected chi connectivity index (χ3v) is 5.43. The van der Waals surface area contributed by atoms with Crippen molar-refractivity contribution in [3.63, 3.8) is 0 Å². The molecule has 2 heterocycles. The third kappa shape index (κ3) is 3.19. The summed E-state index contributed by atoms with van der Waals surface area (Å²) in [6.45, 7) is 0. The highest BCUT2D eigenvalue weighted by Gasteiger charge is 2.18. The minimum Gasteiger partial charge on any atom is -0.494 e. The molecular formula is C13H8BrN3O4S2. The zero-order valence-corrected chi connectivity index (χ0v) is 14.8. The monoisotopic (exact) mass is 413 g/mol. The molecule has 0 unspecified atom stereocenters. The zero-order chi connectivity index (χ0) is 16.6. The Morgan fingerprint density at radius 1 is 1.39 bits per heavy atom. The molecule has 0 saturated carbocycles. The average Bonchev–Trinajstić information content (AvgIpc) is 3.11. The first-order valence-electron chi connectivity index (χ1n) is 6.17. The fourth-order valence-corrected chi connectivity index (χ4v) is 4.09. The number of benzene rings is 1. The smallest absolute Gasteiger partial charge is 0.274 e. The van der Waals surface area contributed by atoms with Crippen molar-refractivity contribution in [1.29, 1.82) is 0 Å². The molecule has 3 aromatic rings. The number of nitro benzene ring substituents is 1. The summed E-state index contributed by atoms with van der Waals surface area (Å²) in [7, 11) is 1.42. The molecule has 23 heavy (non-hydrogen) atoms. The van der Waals surface area contributed by atoms with Crippen LogP contribution in [-0.2, 0) is 0 Å². The van der Waals surface area contributed by atoms with Gasteiger partial charge in [-0.3, -0.25) is 20.2 Å². The largest absolute Gasteiger partial charge is 0.494 e. The zero-order valence-electron chi connectivity index (χ0n) is 11.5. The van der Waals surface area contributed by atoms with Crippen molar-refractivity contribution in [2.45, 2.75) is 0 Å². The second kappa shape index (κ2) is 6.22. The summed E-state index contributed by atoms with van der Waals surface area (Å²) in [5, 5.41) is 14.0. The van der Waals surface area contributed by atoms with Gasteiger partial charge in [0.15, 0.2) is 10.9 Å². The molecule has 0 aliphatic heterocycles. The van der Waals surface area contributed by atoms with Gasteiger partial charge in [0, 0.05) is 6.07 Å². The maximum absolute atomic E-state index is 12.1. The number of anilines is 1. The number of methoxy groups -OCH3 is 1. The molecule has 10 heteroatoms. The van der Waals surface area contributed by atoms with Gasteiger partial charge in [-0.25, -0.2) is 4.98 Å². The number of nitro groups is 1. The molecule has 0 aliphatic carbocycles. The fraction of sp³-hybridized carbons (Fsp3) is 0.0769. The summed E-state index contributed by atoms with van der Waals surface area (Å²) in [4.78, 5) is 27.4. The van der Waals surface area contributed by atoms with Crippen LogP contribution in [0.4, 0.5) is 10.8 Å². The Labute approximate surface area is 146 Å². The maximum atomic E-state index is 12.1. The number of nitrogens with one attached hydrogen (secondary N) is 1. The number of thiophene rings is 1. The van der Waals surface area contributed by atoms with Crippen molar-refractivity contribution in [3.05, 3.63) is 43.0 Å². The average molecular weight is 414 g/mol. The highest BCUT2D eigenvalue weighted by atomic mass is 79.9. The number of carbonyl (C=O) groups is 1. The van der Waals surface area contributed by atoms with Crippen molar-refractivity contribution in [2.24, 2.45) is 0 Å². The summed E-state index contributed by atoms with van der Waals surface area (Å²) in [5.41, 5.74) is 0.392. The van der Waals surface area contributed by atoms with Crippen molar-refractivity contribution in [3.8, 4) is 5.75 Å². The molecule has 118 valence electrons. The van der Waals surface area contributed by atoms with E-state index in [0.29, 0.717) is 26.0 Å². The van der Waals surface area contributed by atoms with Crippen molar-refractivity contribution in [2.75, 3.05) is 12.4 Å². The molecule has 0 aliphatic rings. The van der Waals surface area contributed by atoms with Gasteiger partial charge in [0.2, 0.25) is 0 Å². The number of nitrogens with zero attached hydrogens (tertiary/aromatic N) is 2. The van der Waals surface area contributed by atoms with Crippen LogP contribution in [-0.4, -0.2) is 22.9 Å². The predicted octanol–water partition coefficient (Wildman–Crippen LogP) is 4.29. The summed E-state index contributed by atoms with van der Waals surface area (Å²) in [6.07, 6.45) is 0. The second-order valence-electron chi connectivity index (χ2n) is 4.33. The van der Waals surface area contributed by atoms with Crippen LogP contribution in [0.15, 0.2) is 28.1 Å². The number of carbonyl (C=O) groups excluding carboxylic acids is 1. The topological polar surface area (TPSA) is 94.4 Å². The highest BCUT2D eigenvalue weighted by Crippen LogP contribution is 2.36. The Bertz CT molecular complexity index is 921. The Kier molecular flexibility index (Phi) is 4.28. The lowest BCUT2D eigenvalue weighted by Gasteiger charge is -2.00. The van der Waals surface area contributed by atoms with E-state index in [2.05, 4.69) is 26.2 Å². The molecule has 0 atom stereocenters. The van der Waals surface area contributed by atoms with Gasteiger partial charge in [0.05, 0.1) is 31.5 Å². The van der Waals surface area contributed by atoms with Gasteiger partial charge < -0.3 is 4.74 Å². The molecule has 0 saturated heterocycles. The van der Waals surface area contributed by atoms with Gasteiger partial charge in [-0.2, -0.15) is 0 Å². The van der Waals surface area contributed by atoms with Gasteiger partial charge in [0.1, 0.15) is 5.52 Å². The molecule has 0 fully saturated rings. The first-order chi connectivity index (χ1) is 11.0. The van der Waals surface area contributed by atoms with Gasteiger partial charge >= 0.3 is 0 Å². The Balaban J connectivity index is 1.96. The van der Waals surface area contributed by atoms with E-state index in [0.717, 1.165) is 15.1 Å². The lowest BCUT2D eigenvalue weighted by atomic mass is 10.3. The third-order valence-electron chi connectivity index (χ3n) is 2.89. The predicted molar refractivity (Wildman–Crippen MR) is 92.8 cm³/mol. The lowest BCUT2D eigenvalue weighted by molar-refractivity contribution is -0.384. The molecule has 1 N–H and O–H groups in total. The standard InChI is InChI=1S/C13H8BrN3O4S2/c1-21-7-4-6(17(19)20)5-9-11(7)15-13(23-9)16-12(18)8-2-3-10(14)22-8/h2-5H,1H3,(H,15,16,18). The minimum atomic E-state index is -0.497. The summed E-state index contributed by atoms with van der Waals surface area (Å²) in [5.74, 6) is 0.0121. The van der Waals surface area contributed by atoms with E-state index in [1.165, 1.54) is 30.6 Å². The normalized spacial score (nSPS) is 10.7. The molecule has 0 radical (unpaired) electrons. The quantitative estimate of drug-likeness (QED) is 0.508. The molecular weight excluding hydrogens is 406 g/mol. The Hall–Kier alpha value is -2.04. The molecule has 1 amide bonds. The summed E-state index contributed by atoms with van der Waals surface area (Å²) < 4.78 is 6.57. The number of hydrogen-bond acceptors (Lipinski definition) is 7. The van der Waals surface area contributed by atoms with Gasteiger partial charge in [-0.1, -0.05) is 11.3 Å². The molecule has 0 bridgehead atoms. The molecule has 7 nitrogen and oxygen atoms in total. The molecule has 2 aromatic heterocycles. The van der Waals surface area contributed by atoms with E-state index in [1.807, 2.05) is 0 Å². The first kappa shape index (κ1) is 15.8. The lowest BCUT2D eigenvalue weighted by Crippen LogP contribution is -2.09. The van der Waals surface area contributed by atoms with Crippen LogP contribution >= 0.6 is 38.6 Å². The highest BCUT2D eigenvalue weighted by molar-refractivity contribution is 9.11. The maximum Gasteiger partial charge on any atom is 0.274 e.